The Labute approximate surface area is 67.9 Å². The van der Waals surface area contributed by atoms with E-state index < -0.39 is 0 Å². The molecular weight excluding hydrogens is 140 g/mol. The Bertz CT molecular complexity index is 140. The number of hydrogen-bond donors (Lipinski definition) is 1. The molecule has 0 bridgehead atoms. The van der Waals surface area contributed by atoms with Crippen LogP contribution in [-0.2, 0) is 4.74 Å². The van der Waals surface area contributed by atoms with Crippen LogP contribution in [0.3, 0.4) is 0 Å². The van der Waals surface area contributed by atoms with Crippen LogP contribution in [0.2, 0.25) is 0 Å². The standard InChI is InChI=1S/C9H16O2/c1-2-3-4-9-8(5-6-10)7-11-9/h7,9-10H,2-6H2,1H3. The number of unbranched alkanes of at least 4 members (excludes halogenated alkanes) is 1. The highest BCUT2D eigenvalue weighted by molar-refractivity contribution is 5.13. The van der Waals surface area contributed by atoms with Gasteiger partial charge >= 0.3 is 0 Å². The maximum Gasteiger partial charge on any atom is 0.122 e. The lowest BCUT2D eigenvalue weighted by atomic mass is 9.99. The van der Waals surface area contributed by atoms with Crippen LogP contribution in [-0.4, -0.2) is 17.8 Å². The summed E-state index contributed by atoms with van der Waals surface area (Å²) in [7, 11) is 0. The largest absolute Gasteiger partial charge is 0.493 e. The number of aliphatic hydroxyl groups excluding tert-OH is 1. The van der Waals surface area contributed by atoms with Crippen molar-refractivity contribution in [3.05, 3.63) is 11.8 Å². The molecule has 1 rings (SSSR count). The Morgan fingerprint density at radius 2 is 2.45 bits per heavy atom. The van der Waals surface area contributed by atoms with E-state index in [2.05, 4.69) is 6.92 Å². The molecule has 2 nitrogen and oxygen atoms in total. The molecule has 11 heavy (non-hydrogen) atoms. The molecule has 0 amide bonds. The van der Waals surface area contributed by atoms with Crippen molar-refractivity contribution < 1.29 is 9.84 Å². The van der Waals surface area contributed by atoms with Gasteiger partial charge in [-0.3, -0.25) is 0 Å². The van der Waals surface area contributed by atoms with Gasteiger partial charge in [0.05, 0.1) is 6.26 Å². The summed E-state index contributed by atoms with van der Waals surface area (Å²) in [6, 6.07) is 0. The van der Waals surface area contributed by atoms with Gasteiger partial charge in [-0.1, -0.05) is 13.3 Å². The summed E-state index contributed by atoms with van der Waals surface area (Å²) in [5.41, 5.74) is 1.28. The van der Waals surface area contributed by atoms with Crippen LogP contribution in [0.1, 0.15) is 32.6 Å². The van der Waals surface area contributed by atoms with E-state index in [-0.39, 0.29) is 6.61 Å². The van der Waals surface area contributed by atoms with Gasteiger partial charge in [0, 0.05) is 12.2 Å². The van der Waals surface area contributed by atoms with Crippen molar-refractivity contribution in [1.29, 1.82) is 0 Å². The molecule has 0 aromatic carbocycles. The molecule has 1 aliphatic heterocycles. The van der Waals surface area contributed by atoms with Crippen LogP contribution in [0.4, 0.5) is 0 Å². The first kappa shape index (κ1) is 8.60. The second-order valence-electron chi connectivity index (χ2n) is 2.93. The van der Waals surface area contributed by atoms with Crippen molar-refractivity contribution in [2.45, 2.75) is 38.7 Å². The van der Waals surface area contributed by atoms with Gasteiger partial charge in [-0.25, -0.2) is 0 Å². The first-order chi connectivity index (χ1) is 5.38. The van der Waals surface area contributed by atoms with E-state index in [4.69, 9.17) is 9.84 Å². The fourth-order valence-electron chi connectivity index (χ4n) is 1.25. The van der Waals surface area contributed by atoms with Gasteiger partial charge in [0.15, 0.2) is 0 Å². The summed E-state index contributed by atoms with van der Waals surface area (Å²) in [6.45, 7) is 2.42. The number of ether oxygens (including phenoxy) is 1. The lowest BCUT2D eigenvalue weighted by Gasteiger charge is -2.27. The Morgan fingerprint density at radius 1 is 1.64 bits per heavy atom. The summed E-state index contributed by atoms with van der Waals surface area (Å²) >= 11 is 0. The second kappa shape index (κ2) is 4.39. The highest BCUT2D eigenvalue weighted by Crippen LogP contribution is 2.25. The average molecular weight is 156 g/mol. The van der Waals surface area contributed by atoms with Crippen molar-refractivity contribution in [3.8, 4) is 0 Å². The molecule has 1 N–H and O–H groups in total. The van der Waals surface area contributed by atoms with Gasteiger partial charge in [0.25, 0.3) is 0 Å². The van der Waals surface area contributed by atoms with Crippen LogP contribution in [0, 0.1) is 0 Å². The Kier molecular flexibility index (Phi) is 3.43. The number of rotatable bonds is 5. The molecule has 1 unspecified atom stereocenters. The third-order valence-corrected chi connectivity index (χ3v) is 2.02. The zero-order valence-corrected chi connectivity index (χ0v) is 7.05. The zero-order valence-electron chi connectivity index (χ0n) is 7.05. The van der Waals surface area contributed by atoms with Gasteiger partial charge in [0.2, 0.25) is 0 Å². The van der Waals surface area contributed by atoms with Gasteiger partial charge in [-0.05, 0) is 19.3 Å². The molecule has 1 heterocycles. The SMILES string of the molecule is CCCCC1OC=C1CCO. The maximum absolute atomic E-state index is 8.65. The molecule has 2 heteroatoms. The minimum Gasteiger partial charge on any atom is -0.493 e. The van der Waals surface area contributed by atoms with Gasteiger partial charge in [-0.15, -0.1) is 0 Å². The molecular formula is C9H16O2. The summed E-state index contributed by atoms with van der Waals surface area (Å²) in [5, 5.41) is 8.65. The summed E-state index contributed by atoms with van der Waals surface area (Å²) in [5.74, 6) is 0. The predicted molar refractivity (Wildman–Crippen MR) is 44.2 cm³/mol. The molecule has 0 fully saturated rings. The topological polar surface area (TPSA) is 29.5 Å². The van der Waals surface area contributed by atoms with Crippen molar-refractivity contribution in [2.24, 2.45) is 0 Å². The van der Waals surface area contributed by atoms with Gasteiger partial charge in [-0.2, -0.15) is 0 Å². The fraction of sp³-hybridized carbons (Fsp3) is 0.778. The summed E-state index contributed by atoms with van der Waals surface area (Å²) < 4.78 is 5.22. The maximum atomic E-state index is 8.65. The van der Waals surface area contributed by atoms with Gasteiger partial charge < -0.3 is 9.84 Å². The quantitative estimate of drug-likeness (QED) is 0.658. The van der Waals surface area contributed by atoms with E-state index in [1.807, 2.05) is 0 Å². The first-order valence-corrected chi connectivity index (χ1v) is 4.33. The van der Waals surface area contributed by atoms with Crippen LogP contribution in [0.25, 0.3) is 0 Å². The highest BCUT2D eigenvalue weighted by atomic mass is 16.5. The smallest absolute Gasteiger partial charge is 0.122 e. The monoisotopic (exact) mass is 156 g/mol. The lowest BCUT2D eigenvalue weighted by molar-refractivity contribution is 0.101. The average Bonchev–Trinajstić information content (AvgIpc) is 1.99. The molecule has 0 saturated heterocycles. The van der Waals surface area contributed by atoms with Gasteiger partial charge in [0.1, 0.15) is 6.10 Å². The van der Waals surface area contributed by atoms with E-state index in [9.17, 15) is 0 Å². The molecule has 0 spiro atoms. The minimum absolute atomic E-state index is 0.248. The van der Waals surface area contributed by atoms with E-state index in [0.717, 1.165) is 12.8 Å². The summed E-state index contributed by atoms with van der Waals surface area (Å²) in [6.07, 6.45) is 6.43. The van der Waals surface area contributed by atoms with Crippen molar-refractivity contribution in [1.82, 2.24) is 0 Å². The number of aliphatic hydroxyl groups is 1. The van der Waals surface area contributed by atoms with Crippen LogP contribution in [0.15, 0.2) is 11.8 Å². The number of hydrogen-bond acceptors (Lipinski definition) is 2. The molecule has 0 aliphatic carbocycles. The third kappa shape index (κ3) is 2.22. The fourth-order valence-corrected chi connectivity index (χ4v) is 1.25. The second-order valence-corrected chi connectivity index (χ2v) is 2.93. The van der Waals surface area contributed by atoms with Crippen LogP contribution < -0.4 is 0 Å². The van der Waals surface area contributed by atoms with E-state index in [1.54, 1.807) is 6.26 Å². The molecule has 0 aromatic rings. The predicted octanol–water partition coefficient (Wildman–Crippen LogP) is 1.84. The lowest BCUT2D eigenvalue weighted by Crippen LogP contribution is -2.22. The Morgan fingerprint density at radius 3 is 2.91 bits per heavy atom. The van der Waals surface area contributed by atoms with Crippen molar-refractivity contribution in [2.75, 3.05) is 6.61 Å². The third-order valence-electron chi connectivity index (χ3n) is 2.02. The van der Waals surface area contributed by atoms with Crippen molar-refractivity contribution in [3.63, 3.8) is 0 Å². The summed E-state index contributed by atoms with van der Waals surface area (Å²) in [4.78, 5) is 0. The highest BCUT2D eigenvalue weighted by Gasteiger charge is 2.21. The van der Waals surface area contributed by atoms with Crippen LogP contribution >= 0.6 is 0 Å². The zero-order chi connectivity index (χ0) is 8.10. The molecule has 0 radical (unpaired) electrons. The Hall–Kier alpha value is -0.500. The van der Waals surface area contributed by atoms with E-state index in [0.29, 0.717) is 6.10 Å². The molecule has 0 saturated carbocycles. The molecule has 0 aromatic heterocycles. The van der Waals surface area contributed by atoms with Crippen LogP contribution in [0.5, 0.6) is 0 Å². The Balaban J connectivity index is 2.14. The minimum atomic E-state index is 0.248. The molecule has 1 aliphatic rings. The van der Waals surface area contributed by atoms with Crippen molar-refractivity contribution >= 4 is 0 Å². The normalized spacial score (nSPS) is 22.0. The van der Waals surface area contributed by atoms with E-state index in [1.165, 1.54) is 18.4 Å². The molecule has 64 valence electrons. The molecule has 1 atom stereocenters. The van der Waals surface area contributed by atoms with E-state index >= 15 is 0 Å². The first-order valence-electron chi connectivity index (χ1n) is 4.33.